The summed E-state index contributed by atoms with van der Waals surface area (Å²) in [6.45, 7) is 2.82. The summed E-state index contributed by atoms with van der Waals surface area (Å²) in [6.07, 6.45) is 3.38. The maximum Gasteiger partial charge on any atom is 0.487 e. The summed E-state index contributed by atoms with van der Waals surface area (Å²) in [7, 11) is 0. The number of nitrogens with one attached hydrogen (secondary N) is 1. The van der Waals surface area contributed by atoms with Crippen molar-refractivity contribution in [1.29, 1.82) is 0 Å². The molecule has 2 atom stereocenters. The number of pyridine rings is 2. The number of β-amino-alcohol motifs (C(OH)–C–C–N with tert-alkyl or cyclic N) is 1. The highest BCUT2D eigenvalue weighted by atomic mass is 35.5. The van der Waals surface area contributed by atoms with Crippen LogP contribution in [0.3, 0.4) is 0 Å². The van der Waals surface area contributed by atoms with Crippen LogP contribution >= 0.6 is 11.6 Å². The lowest BCUT2D eigenvalue weighted by Gasteiger charge is -2.21. The first-order valence-corrected chi connectivity index (χ1v) is 10.7. The van der Waals surface area contributed by atoms with Crippen LogP contribution in [0.2, 0.25) is 0 Å². The van der Waals surface area contributed by atoms with E-state index in [-0.39, 0.29) is 17.2 Å². The number of carbonyl (C=O) groups excluding carboxylic acids is 1. The fraction of sp³-hybridized carbons (Fsp3) is 0.261. The van der Waals surface area contributed by atoms with Gasteiger partial charge < -0.3 is 20.1 Å². The van der Waals surface area contributed by atoms with Gasteiger partial charge in [0.2, 0.25) is 0 Å². The second kappa shape index (κ2) is 9.47. The minimum absolute atomic E-state index is 0.0222. The Morgan fingerprint density at radius 1 is 1.21 bits per heavy atom. The molecular weight excluding hydrogens is 473 g/mol. The minimum atomic E-state index is -3.84. The van der Waals surface area contributed by atoms with Crippen molar-refractivity contribution in [3.8, 4) is 16.9 Å². The number of nitrogens with zero attached hydrogens (tertiary/aromatic N) is 3. The van der Waals surface area contributed by atoms with Gasteiger partial charge in [0.15, 0.2) is 0 Å². The summed E-state index contributed by atoms with van der Waals surface area (Å²) in [6, 6.07) is 8.07. The van der Waals surface area contributed by atoms with Gasteiger partial charge in [-0.3, -0.25) is 9.78 Å². The molecule has 178 valence electrons. The second-order valence-corrected chi connectivity index (χ2v) is 8.40. The van der Waals surface area contributed by atoms with Gasteiger partial charge in [0.1, 0.15) is 17.4 Å². The Kier molecular flexibility index (Phi) is 6.63. The smallest absolute Gasteiger partial charge is 0.420 e. The molecule has 2 N–H and O–H groups in total. The molecule has 1 aliphatic rings. The van der Waals surface area contributed by atoms with Gasteiger partial charge in [-0.1, -0.05) is 6.92 Å². The first-order valence-electron chi connectivity index (χ1n) is 10.3. The molecule has 0 spiro atoms. The van der Waals surface area contributed by atoms with E-state index in [9.17, 15) is 23.1 Å². The van der Waals surface area contributed by atoms with Crippen LogP contribution < -0.4 is 15.0 Å². The van der Waals surface area contributed by atoms with E-state index in [0.717, 1.165) is 6.20 Å². The average Bonchev–Trinajstić information content (AvgIpc) is 3.12. The Balaban J connectivity index is 1.61. The zero-order chi connectivity index (χ0) is 24.5. The number of rotatable bonds is 6. The average molecular weight is 493 g/mol. The number of carbonyl (C=O) groups is 1. The summed E-state index contributed by atoms with van der Waals surface area (Å²) in [5.41, 5.74) is -2.43. The Morgan fingerprint density at radius 2 is 1.94 bits per heavy atom. The quantitative estimate of drug-likeness (QED) is 0.492. The van der Waals surface area contributed by atoms with Crippen LogP contribution in [0.15, 0.2) is 55.0 Å². The third kappa shape index (κ3) is 5.57. The molecular formula is C23H20ClF3N4O3. The van der Waals surface area contributed by atoms with Gasteiger partial charge in [0.05, 0.1) is 17.9 Å². The molecule has 7 nitrogen and oxygen atoms in total. The molecule has 3 aromatic rings. The van der Waals surface area contributed by atoms with Crippen molar-refractivity contribution >= 4 is 29.0 Å². The Morgan fingerprint density at radius 3 is 2.56 bits per heavy atom. The number of amides is 1. The van der Waals surface area contributed by atoms with Gasteiger partial charge in [-0.2, -0.15) is 0 Å². The number of hydrogen-bond donors (Lipinski definition) is 2. The summed E-state index contributed by atoms with van der Waals surface area (Å²) < 4.78 is 43.6. The van der Waals surface area contributed by atoms with Crippen LogP contribution in [0, 0.1) is 11.7 Å². The van der Waals surface area contributed by atoms with E-state index >= 15 is 0 Å². The van der Waals surface area contributed by atoms with Crippen molar-refractivity contribution in [2.75, 3.05) is 23.3 Å². The second-order valence-electron chi connectivity index (χ2n) is 7.96. The maximum atomic E-state index is 13.9. The predicted octanol–water partition coefficient (Wildman–Crippen LogP) is 4.52. The number of aliphatic hydroxyl groups excluding tert-OH is 1. The third-order valence-corrected chi connectivity index (χ3v) is 5.44. The number of halogens is 4. The van der Waals surface area contributed by atoms with Crippen LogP contribution in [0.5, 0.6) is 5.75 Å². The Bertz CT molecular complexity index is 1180. The maximum absolute atomic E-state index is 13.9. The molecule has 2 aromatic heterocycles. The van der Waals surface area contributed by atoms with Crippen LogP contribution in [0.4, 0.5) is 24.7 Å². The lowest BCUT2D eigenvalue weighted by Crippen LogP contribution is -2.23. The molecule has 1 amide bonds. The zero-order valence-corrected chi connectivity index (χ0v) is 18.6. The highest BCUT2D eigenvalue weighted by Gasteiger charge is 2.31. The van der Waals surface area contributed by atoms with Crippen LogP contribution in [-0.2, 0) is 0 Å². The number of hydrogen-bond acceptors (Lipinski definition) is 6. The number of ether oxygens (including phenoxy) is 1. The summed E-state index contributed by atoms with van der Waals surface area (Å²) in [4.78, 5) is 23.1. The Hall–Kier alpha value is -3.37. The highest BCUT2D eigenvalue weighted by molar-refractivity contribution is 6.20. The van der Waals surface area contributed by atoms with Gasteiger partial charge in [0.25, 0.3) is 5.91 Å². The van der Waals surface area contributed by atoms with E-state index < -0.39 is 23.4 Å². The SMILES string of the molecule is C[C@H]1CN(c2ncc(C(=O)Nc3ccc(OC(F)(F)Cl)cc3)cc2-c2cncc(F)c2)C[C@@H]1O. The topological polar surface area (TPSA) is 87.6 Å². The van der Waals surface area contributed by atoms with Gasteiger partial charge in [-0.05, 0) is 36.4 Å². The van der Waals surface area contributed by atoms with Crippen molar-refractivity contribution in [1.82, 2.24) is 9.97 Å². The molecule has 1 aliphatic heterocycles. The lowest BCUT2D eigenvalue weighted by molar-refractivity contribution is -0.0964. The van der Waals surface area contributed by atoms with Gasteiger partial charge >= 0.3 is 5.57 Å². The normalized spacial score (nSPS) is 18.1. The molecule has 0 unspecified atom stereocenters. The van der Waals surface area contributed by atoms with E-state index in [1.807, 2.05) is 11.8 Å². The third-order valence-electron chi connectivity index (χ3n) is 5.36. The first-order chi connectivity index (χ1) is 16.1. The molecule has 1 fully saturated rings. The lowest BCUT2D eigenvalue weighted by atomic mass is 10.1. The standard InChI is InChI=1S/C23H20ClF3N4O3/c1-13-11-31(12-20(13)32)21-19(14-6-16(25)10-28-8-14)7-15(9-29-21)22(33)30-17-2-4-18(5-3-17)34-23(24,26)27/h2-10,13,20,32H,11-12H2,1H3,(H,30,33)/t13-,20-/m0/s1. The fourth-order valence-corrected chi connectivity index (χ4v) is 3.76. The van der Waals surface area contributed by atoms with Gasteiger partial charge in [0, 0.05) is 59.8 Å². The Labute approximate surface area is 198 Å². The van der Waals surface area contributed by atoms with Crippen molar-refractivity contribution in [3.05, 3.63) is 66.4 Å². The summed E-state index contributed by atoms with van der Waals surface area (Å²) in [5.74, 6) is -0.717. The van der Waals surface area contributed by atoms with E-state index in [2.05, 4.69) is 20.0 Å². The van der Waals surface area contributed by atoms with E-state index in [4.69, 9.17) is 11.6 Å². The monoisotopic (exact) mass is 492 g/mol. The summed E-state index contributed by atoms with van der Waals surface area (Å²) in [5, 5.41) is 12.8. The molecule has 11 heteroatoms. The molecule has 0 bridgehead atoms. The molecule has 0 aliphatic carbocycles. The van der Waals surface area contributed by atoms with E-state index in [1.165, 1.54) is 42.7 Å². The number of benzene rings is 1. The van der Waals surface area contributed by atoms with Crippen molar-refractivity contribution in [2.24, 2.45) is 5.92 Å². The van der Waals surface area contributed by atoms with Crippen LogP contribution in [-0.4, -0.2) is 45.7 Å². The molecule has 1 saturated heterocycles. The van der Waals surface area contributed by atoms with Crippen molar-refractivity contribution < 1.29 is 27.8 Å². The minimum Gasteiger partial charge on any atom is -0.420 e. The number of aliphatic hydroxyl groups is 1. The van der Waals surface area contributed by atoms with Crippen molar-refractivity contribution in [3.63, 3.8) is 0 Å². The zero-order valence-electron chi connectivity index (χ0n) is 17.9. The molecule has 0 radical (unpaired) electrons. The summed E-state index contributed by atoms with van der Waals surface area (Å²) >= 11 is 4.75. The number of alkyl halides is 3. The molecule has 34 heavy (non-hydrogen) atoms. The van der Waals surface area contributed by atoms with E-state index in [1.54, 1.807) is 6.07 Å². The van der Waals surface area contributed by atoms with E-state index in [0.29, 0.717) is 35.7 Å². The van der Waals surface area contributed by atoms with Crippen LogP contribution in [0.25, 0.3) is 11.1 Å². The van der Waals surface area contributed by atoms with Crippen molar-refractivity contribution in [2.45, 2.75) is 18.6 Å². The highest BCUT2D eigenvalue weighted by Crippen LogP contribution is 2.33. The predicted molar refractivity (Wildman–Crippen MR) is 121 cm³/mol. The molecule has 1 aromatic carbocycles. The van der Waals surface area contributed by atoms with Gasteiger partial charge in [-0.15, -0.1) is 8.78 Å². The molecule has 0 saturated carbocycles. The first kappa shape index (κ1) is 23.8. The van der Waals surface area contributed by atoms with Gasteiger partial charge in [-0.25, -0.2) is 9.37 Å². The number of anilines is 2. The fourth-order valence-electron chi connectivity index (χ4n) is 3.67. The molecule has 3 heterocycles. The number of aromatic nitrogens is 2. The molecule has 4 rings (SSSR count). The van der Waals surface area contributed by atoms with Crippen LogP contribution in [0.1, 0.15) is 17.3 Å². The largest absolute Gasteiger partial charge is 0.487 e.